The fraction of sp³-hybridized carbons (Fsp3) is 0.500. The number of carboxylic acids is 1. The first kappa shape index (κ1) is 15.1. The monoisotopic (exact) mass is 293 g/mol. The van der Waals surface area contributed by atoms with Crippen molar-refractivity contribution in [3.05, 3.63) is 16.3 Å². The van der Waals surface area contributed by atoms with Crippen LogP contribution in [-0.4, -0.2) is 39.3 Å². The minimum atomic E-state index is -3.80. The smallest absolute Gasteiger partial charge is 0.347 e. The van der Waals surface area contributed by atoms with E-state index in [1.807, 2.05) is 0 Å². The van der Waals surface area contributed by atoms with Crippen molar-refractivity contribution in [1.29, 1.82) is 0 Å². The summed E-state index contributed by atoms with van der Waals surface area (Å²) < 4.78 is 31.2. The topological polar surface area (TPSA) is 92.7 Å². The molecule has 6 nitrogen and oxygen atoms in total. The molecular formula is C10H15NO5S2. The van der Waals surface area contributed by atoms with E-state index in [-0.39, 0.29) is 15.8 Å². The summed E-state index contributed by atoms with van der Waals surface area (Å²) in [4.78, 5) is 10.5. The number of hydrogen-bond acceptors (Lipinski definition) is 5. The number of hydrogen-bond donors (Lipinski definition) is 2. The molecule has 0 saturated heterocycles. The molecule has 1 aromatic rings. The first-order valence-corrected chi connectivity index (χ1v) is 7.57. The van der Waals surface area contributed by atoms with Gasteiger partial charge in [-0.25, -0.2) is 17.9 Å². The standard InChI is InChI=1S/C10H15NO5S2/c1-7(3-5-16-2)11-18(14,15)8-4-6-17-9(8)10(12)13/h4,6-7,11H,3,5H2,1-2H3,(H,12,13). The summed E-state index contributed by atoms with van der Waals surface area (Å²) >= 11 is 0.886. The van der Waals surface area contributed by atoms with Crippen LogP contribution < -0.4 is 4.72 Å². The first-order chi connectivity index (χ1) is 8.38. The van der Waals surface area contributed by atoms with Crippen molar-refractivity contribution in [1.82, 2.24) is 4.72 Å². The van der Waals surface area contributed by atoms with Gasteiger partial charge in [0.25, 0.3) is 0 Å². The molecule has 8 heteroatoms. The number of methoxy groups -OCH3 is 1. The normalized spacial score (nSPS) is 13.4. The zero-order chi connectivity index (χ0) is 13.8. The molecule has 1 atom stereocenters. The van der Waals surface area contributed by atoms with Crippen molar-refractivity contribution in [2.45, 2.75) is 24.3 Å². The molecule has 0 aliphatic heterocycles. The lowest BCUT2D eigenvalue weighted by Gasteiger charge is -2.13. The minimum absolute atomic E-state index is 0.179. The number of aromatic carboxylic acids is 1. The van der Waals surface area contributed by atoms with Gasteiger partial charge in [0.2, 0.25) is 10.0 Å². The van der Waals surface area contributed by atoms with E-state index in [9.17, 15) is 13.2 Å². The van der Waals surface area contributed by atoms with Gasteiger partial charge in [0.15, 0.2) is 0 Å². The number of carboxylic acid groups (broad SMARTS) is 1. The second-order valence-electron chi connectivity index (χ2n) is 3.72. The molecule has 1 heterocycles. The molecule has 1 unspecified atom stereocenters. The van der Waals surface area contributed by atoms with E-state index in [1.165, 1.54) is 18.6 Å². The summed E-state index contributed by atoms with van der Waals surface area (Å²) in [6, 6.07) is 0.968. The van der Waals surface area contributed by atoms with Gasteiger partial charge in [0.1, 0.15) is 9.77 Å². The van der Waals surface area contributed by atoms with E-state index in [0.29, 0.717) is 13.0 Å². The Morgan fingerprint density at radius 1 is 1.61 bits per heavy atom. The van der Waals surface area contributed by atoms with Crippen molar-refractivity contribution >= 4 is 27.3 Å². The van der Waals surface area contributed by atoms with E-state index in [0.717, 1.165) is 11.3 Å². The second-order valence-corrected chi connectivity index (χ2v) is 6.32. The third-order valence-electron chi connectivity index (χ3n) is 2.22. The van der Waals surface area contributed by atoms with Gasteiger partial charge in [-0.1, -0.05) is 0 Å². The third-order valence-corrected chi connectivity index (χ3v) is 4.89. The van der Waals surface area contributed by atoms with Crippen molar-refractivity contribution in [3.63, 3.8) is 0 Å². The van der Waals surface area contributed by atoms with Gasteiger partial charge in [-0.3, -0.25) is 0 Å². The largest absolute Gasteiger partial charge is 0.477 e. The highest BCUT2D eigenvalue weighted by Crippen LogP contribution is 2.22. The maximum Gasteiger partial charge on any atom is 0.347 e. The highest BCUT2D eigenvalue weighted by atomic mass is 32.2. The minimum Gasteiger partial charge on any atom is -0.477 e. The van der Waals surface area contributed by atoms with Gasteiger partial charge in [-0.15, -0.1) is 11.3 Å². The van der Waals surface area contributed by atoms with Crippen LogP contribution in [0.2, 0.25) is 0 Å². The zero-order valence-electron chi connectivity index (χ0n) is 10.0. The molecule has 2 N–H and O–H groups in total. The Morgan fingerprint density at radius 2 is 2.28 bits per heavy atom. The van der Waals surface area contributed by atoms with Crippen LogP contribution in [0.15, 0.2) is 16.3 Å². The maximum atomic E-state index is 12.0. The molecule has 0 spiro atoms. The lowest BCUT2D eigenvalue weighted by Crippen LogP contribution is -2.33. The maximum absolute atomic E-state index is 12.0. The molecule has 0 radical (unpaired) electrons. The van der Waals surface area contributed by atoms with Gasteiger partial charge in [0.05, 0.1) is 0 Å². The SMILES string of the molecule is COCCC(C)NS(=O)(=O)c1ccsc1C(=O)O. The van der Waals surface area contributed by atoms with Crippen molar-refractivity contribution in [3.8, 4) is 0 Å². The fourth-order valence-corrected chi connectivity index (χ4v) is 3.88. The van der Waals surface area contributed by atoms with Gasteiger partial charge in [-0.2, -0.15) is 0 Å². The number of sulfonamides is 1. The Morgan fingerprint density at radius 3 is 2.83 bits per heavy atom. The third kappa shape index (κ3) is 3.77. The molecule has 0 aromatic carbocycles. The quantitative estimate of drug-likeness (QED) is 0.786. The van der Waals surface area contributed by atoms with E-state index in [2.05, 4.69) is 4.72 Å². The lowest BCUT2D eigenvalue weighted by atomic mass is 10.3. The molecule has 0 bridgehead atoms. The van der Waals surface area contributed by atoms with E-state index in [4.69, 9.17) is 9.84 Å². The number of ether oxygens (including phenoxy) is 1. The highest BCUT2D eigenvalue weighted by molar-refractivity contribution is 7.89. The summed E-state index contributed by atoms with van der Waals surface area (Å²) in [7, 11) is -2.27. The first-order valence-electron chi connectivity index (χ1n) is 5.20. The van der Waals surface area contributed by atoms with Gasteiger partial charge >= 0.3 is 5.97 Å². The molecule has 1 rings (SSSR count). The van der Waals surface area contributed by atoms with Crippen molar-refractivity contribution < 1.29 is 23.1 Å². The van der Waals surface area contributed by atoms with Crippen LogP contribution in [0.25, 0.3) is 0 Å². The van der Waals surface area contributed by atoms with E-state index in [1.54, 1.807) is 6.92 Å². The van der Waals surface area contributed by atoms with Crippen LogP contribution in [-0.2, 0) is 14.8 Å². The fourth-order valence-electron chi connectivity index (χ4n) is 1.35. The van der Waals surface area contributed by atoms with Crippen LogP contribution >= 0.6 is 11.3 Å². The summed E-state index contributed by atoms with van der Waals surface area (Å²) in [5.41, 5.74) is 0. The Bertz CT molecular complexity index is 508. The van der Waals surface area contributed by atoms with Crippen LogP contribution in [0.4, 0.5) is 0 Å². The summed E-state index contributed by atoms with van der Waals surface area (Å²) in [5, 5.41) is 10.3. The van der Waals surface area contributed by atoms with Gasteiger partial charge in [0, 0.05) is 19.8 Å². The number of nitrogens with one attached hydrogen (secondary N) is 1. The molecule has 0 amide bonds. The molecule has 18 heavy (non-hydrogen) atoms. The average molecular weight is 293 g/mol. The summed E-state index contributed by atoms with van der Waals surface area (Å²) in [6.45, 7) is 2.13. The number of rotatable bonds is 7. The summed E-state index contributed by atoms with van der Waals surface area (Å²) in [6.07, 6.45) is 0.516. The summed E-state index contributed by atoms with van der Waals surface area (Å²) in [5.74, 6) is -1.24. The molecule has 0 fully saturated rings. The Labute approximate surface area is 110 Å². The molecule has 102 valence electrons. The van der Waals surface area contributed by atoms with E-state index >= 15 is 0 Å². The van der Waals surface area contributed by atoms with E-state index < -0.39 is 16.0 Å². The number of thiophene rings is 1. The van der Waals surface area contributed by atoms with Gasteiger partial charge < -0.3 is 9.84 Å². The predicted molar refractivity (Wildman–Crippen MR) is 67.6 cm³/mol. The average Bonchev–Trinajstić information content (AvgIpc) is 2.75. The van der Waals surface area contributed by atoms with Crippen molar-refractivity contribution in [2.75, 3.05) is 13.7 Å². The zero-order valence-corrected chi connectivity index (χ0v) is 11.7. The molecule has 0 aliphatic carbocycles. The Kier molecular flexibility index (Phi) is 5.27. The highest BCUT2D eigenvalue weighted by Gasteiger charge is 2.24. The molecule has 0 aliphatic rings. The Balaban J connectivity index is 2.86. The second kappa shape index (κ2) is 6.28. The molecule has 1 aromatic heterocycles. The number of carbonyl (C=O) groups is 1. The lowest BCUT2D eigenvalue weighted by molar-refractivity contribution is 0.0698. The van der Waals surface area contributed by atoms with Crippen LogP contribution in [0, 0.1) is 0 Å². The van der Waals surface area contributed by atoms with Crippen LogP contribution in [0.5, 0.6) is 0 Å². The van der Waals surface area contributed by atoms with Gasteiger partial charge in [-0.05, 0) is 24.8 Å². The van der Waals surface area contributed by atoms with Crippen LogP contribution in [0.3, 0.4) is 0 Å². The predicted octanol–water partition coefficient (Wildman–Crippen LogP) is 1.15. The molecule has 0 saturated carbocycles. The molecular weight excluding hydrogens is 278 g/mol. The Hall–Kier alpha value is -0.960. The van der Waals surface area contributed by atoms with Crippen LogP contribution in [0.1, 0.15) is 23.0 Å². The van der Waals surface area contributed by atoms with Crippen molar-refractivity contribution in [2.24, 2.45) is 0 Å².